The van der Waals surface area contributed by atoms with E-state index in [1.807, 2.05) is 66.7 Å². The number of phenols is 1. The molecule has 0 spiro atoms. The lowest BCUT2D eigenvalue weighted by Crippen LogP contribution is -1.83. The zero-order valence-electron chi connectivity index (χ0n) is 13.2. The minimum atomic E-state index is 0.183. The molecule has 0 radical (unpaired) electrons. The first-order valence-electron chi connectivity index (χ1n) is 7.82. The van der Waals surface area contributed by atoms with Crippen LogP contribution in [0.25, 0.3) is 34.4 Å². The van der Waals surface area contributed by atoms with Crippen molar-refractivity contribution >= 4 is 39.0 Å². The Bertz CT molecular complexity index is 1080. The molecule has 0 aliphatic rings. The largest absolute Gasteiger partial charge is 0.506 e. The molecule has 0 saturated carbocycles. The summed E-state index contributed by atoms with van der Waals surface area (Å²) in [5, 5.41) is 10.8. The third-order valence-corrected chi connectivity index (χ3v) is 4.37. The van der Waals surface area contributed by atoms with Crippen molar-refractivity contribution in [2.24, 2.45) is 0 Å². The van der Waals surface area contributed by atoms with Crippen LogP contribution in [0.1, 0.15) is 11.5 Å². The second kappa shape index (κ2) is 6.57. The number of rotatable bonds is 3. The lowest BCUT2D eigenvalue weighted by Gasteiger charge is -2.01. The summed E-state index contributed by atoms with van der Waals surface area (Å²) in [5.74, 6) is 1.74. The third kappa shape index (κ3) is 3.35. The highest BCUT2D eigenvalue weighted by molar-refractivity contribution is 9.10. The molecule has 2 aromatic heterocycles. The second-order valence-electron chi connectivity index (χ2n) is 5.63. The molecule has 0 atom stereocenters. The summed E-state index contributed by atoms with van der Waals surface area (Å²) < 4.78 is 6.89. The Labute approximate surface area is 153 Å². The number of fused-ring (bicyclic) bond motifs is 1. The number of aromatic hydroxyl groups is 1. The Morgan fingerprint density at radius 2 is 1.80 bits per heavy atom. The Hall–Kier alpha value is -2.85. The van der Waals surface area contributed by atoms with E-state index in [9.17, 15) is 5.11 Å². The number of benzene rings is 2. The molecule has 0 fully saturated rings. The van der Waals surface area contributed by atoms with E-state index in [4.69, 9.17) is 4.42 Å². The molecular formula is C21H14BrNO2. The Balaban J connectivity index is 1.61. The van der Waals surface area contributed by atoms with E-state index in [1.165, 1.54) is 0 Å². The summed E-state index contributed by atoms with van der Waals surface area (Å²) in [6.45, 7) is 0. The van der Waals surface area contributed by atoms with E-state index in [0.717, 1.165) is 32.6 Å². The highest BCUT2D eigenvalue weighted by atomic mass is 79.9. The smallest absolute Gasteiger partial charge is 0.141 e. The van der Waals surface area contributed by atoms with Gasteiger partial charge in [0.1, 0.15) is 22.8 Å². The molecule has 2 aromatic carbocycles. The van der Waals surface area contributed by atoms with Gasteiger partial charge in [0, 0.05) is 15.4 Å². The number of hydrogen-bond acceptors (Lipinski definition) is 3. The van der Waals surface area contributed by atoms with Gasteiger partial charge in [-0.25, -0.2) is 4.98 Å². The predicted molar refractivity (Wildman–Crippen MR) is 104 cm³/mol. The number of furan rings is 1. The molecule has 1 N–H and O–H groups in total. The lowest BCUT2D eigenvalue weighted by atomic mass is 10.2. The molecule has 0 aliphatic heterocycles. The molecule has 0 unspecified atom stereocenters. The minimum Gasteiger partial charge on any atom is -0.506 e. The first-order valence-corrected chi connectivity index (χ1v) is 8.61. The van der Waals surface area contributed by atoms with E-state index in [2.05, 4.69) is 20.9 Å². The Kier molecular flexibility index (Phi) is 4.12. The first kappa shape index (κ1) is 15.7. The maximum atomic E-state index is 9.92. The van der Waals surface area contributed by atoms with Crippen LogP contribution in [0.5, 0.6) is 5.75 Å². The van der Waals surface area contributed by atoms with Gasteiger partial charge in [0.05, 0.1) is 5.69 Å². The number of pyridine rings is 1. The van der Waals surface area contributed by atoms with Crippen molar-refractivity contribution in [3.63, 3.8) is 0 Å². The van der Waals surface area contributed by atoms with Crippen molar-refractivity contribution in [3.8, 4) is 17.1 Å². The summed E-state index contributed by atoms with van der Waals surface area (Å²) in [7, 11) is 0. The quantitative estimate of drug-likeness (QED) is 0.456. The zero-order chi connectivity index (χ0) is 17.2. The SMILES string of the molecule is Oc1cccc2ccc(C=Cc3ccc(-c4cccc(Br)c4)o3)nc12. The molecule has 4 rings (SSSR count). The van der Waals surface area contributed by atoms with E-state index in [1.54, 1.807) is 12.1 Å². The fourth-order valence-electron chi connectivity index (χ4n) is 2.65. The van der Waals surface area contributed by atoms with Gasteiger partial charge in [-0.3, -0.25) is 0 Å². The van der Waals surface area contributed by atoms with Gasteiger partial charge in [-0.05, 0) is 48.6 Å². The van der Waals surface area contributed by atoms with Crippen molar-refractivity contribution in [1.29, 1.82) is 0 Å². The van der Waals surface area contributed by atoms with Crippen LogP contribution in [0.3, 0.4) is 0 Å². The van der Waals surface area contributed by atoms with Crippen LogP contribution >= 0.6 is 15.9 Å². The van der Waals surface area contributed by atoms with Gasteiger partial charge in [-0.15, -0.1) is 0 Å². The number of phenolic OH excluding ortho intramolecular Hbond substituents is 1. The summed E-state index contributed by atoms with van der Waals surface area (Å²) in [6, 6.07) is 21.1. The van der Waals surface area contributed by atoms with Crippen molar-refractivity contribution in [2.75, 3.05) is 0 Å². The minimum absolute atomic E-state index is 0.183. The van der Waals surface area contributed by atoms with Crippen LogP contribution in [0.2, 0.25) is 0 Å². The van der Waals surface area contributed by atoms with Gasteiger partial charge in [0.2, 0.25) is 0 Å². The van der Waals surface area contributed by atoms with E-state index >= 15 is 0 Å². The highest BCUT2D eigenvalue weighted by Crippen LogP contribution is 2.26. The molecule has 4 aromatic rings. The third-order valence-electron chi connectivity index (χ3n) is 3.87. The number of para-hydroxylation sites is 1. The molecule has 25 heavy (non-hydrogen) atoms. The molecule has 0 bridgehead atoms. The van der Waals surface area contributed by atoms with Gasteiger partial charge in [0.25, 0.3) is 0 Å². The Morgan fingerprint density at radius 1 is 0.920 bits per heavy atom. The Morgan fingerprint density at radius 3 is 2.68 bits per heavy atom. The van der Waals surface area contributed by atoms with Crippen molar-refractivity contribution in [3.05, 3.63) is 82.7 Å². The van der Waals surface area contributed by atoms with Crippen molar-refractivity contribution in [2.45, 2.75) is 0 Å². The number of hydrogen-bond donors (Lipinski definition) is 1. The fraction of sp³-hybridized carbons (Fsp3) is 0. The van der Waals surface area contributed by atoms with Crippen LogP contribution in [0, 0.1) is 0 Å². The molecular weight excluding hydrogens is 378 g/mol. The average Bonchev–Trinajstić information content (AvgIpc) is 3.10. The van der Waals surface area contributed by atoms with Crippen LogP contribution in [0.4, 0.5) is 0 Å². The molecule has 0 aliphatic carbocycles. The van der Waals surface area contributed by atoms with Crippen LogP contribution < -0.4 is 0 Å². The molecule has 3 nitrogen and oxygen atoms in total. The van der Waals surface area contributed by atoms with Crippen molar-refractivity contribution in [1.82, 2.24) is 4.98 Å². The number of nitrogens with zero attached hydrogens (tertiary/aromatic N) is 1. The summed E-state index contributed by atoms with van der Waals surface area (Å²) in [6.07, 6.45) is 3.74. The molecule has 2 heterocycles. The van der Waals surface area contributed by atoms with Crippen LogP contribution in [0.15, 0.2) is 75.6 Å². The second-order valence-corrected chi connectivity index (χ2v) is 6.55. The van der Waals surface area contributed by atoms with Crippen molar-refractivity contribution < 1.29 is 9.52 Å². The standard InChI is InChI=1S/C21H14BrNO2/c22-16-5-1-4-15(13-16)20-12-11-18(25-20)10-9-17-8-7-14-3-2-6-19(24)21(14)23-17/h1-13,24H. The van der Waals surface area contributed by atoms with E-state index < -0.39 is 0 Å². The summed E-state index contributed by atoms with van der Waals surface area (Å²) in [4.78, 5) is 4.48. The maximum Gasteiger partial charge on any atom is 0.141 e. The molecule has 0 amide bonds. The lowest BCUT2D eigenvalue weighted by molar-refractivity contribution is 0.480. The molecule has 0 saturated heterocycles. The van der Waals surface area contributed by atoms with E-state index in [0.29, 0.717) is 5.52 Å². The topological polar surface area (TPSA) is 46.3 Å². The fourth-order valence-corrected chi connectivity index (χ4v) is 3.05. The normalized spacial score (nSPS) is 11.4. The molecule has 122 valence electrons. The monoisotopic (exact) mass is 391 g/mol. The zero-order valence-corrected chi connectivity index (χ0v) is 14.8. The number of aromatic nitrogens is 1. The highest BCUT2D eigenvalue weighted by Gasteiger charge is 2.04. The van der Waals surface area contributed by atoms with Gasteiger partial charge in [-0.2, -0.15) is 0 Å². The van der Waals surface area contributed by atoms with Crippen LogP contribution in [-0.4, -0.2) is 10.1 Å². The summed E-state index contributed by atoms with van der Waals surface area (Å²) in [5.41, 5.74) is 2.37. The number of halogens is 1. The maximum absolute atomic E-state index is 9.92. The average molecular weight is 392 g/mol. The molecule has 4 heteroatoms. The first-order chi connectivity index (χ1) is 12.2. The predicted octanol–water partition coefficient (Wildman–Crippen LogP) is 6.13. The van der Waals surface area contributed by atoms with E-state index in [-0.39, 0.29) is 5.75 Å². The van der Waals surface area contributed by atoms with Gasteiger partial charge in [0.15, 0.2) is 0 Å². The van der Waals surface area contributed by atoms with Gasteiger partial charge in [-0.1, -0.05) is 46.3 Å². The van der Waals surface area contributed by atoms with Crippen LogP contribution in [-0.2, 0) is 0 Å². The van der Waals surface area contributed by atoms with Gasteiger partial charge >= 0.3 is 0 Å². The van der Waals surface area contributed by atoms with Gasteiger partial charge < -0.3 is 9.52 Å². The summed E-state index contributed by atoms with van der Waals surface area (Å²) >= 11 is 3.47.